The second-order valence-corrected chi connectivity index (χ2v) is 4.41. The number of nitrogens with one attached hydrogen (secondary N) is 1. The number of ether oxygens (including phenoxy) is 1. The zero-order valence-corrected chi connectivity index (χ0v) is 11.8. The van der Waals surface area contributed by atoms with E-state index >= 15 is 0 Å². The van der Waals surface area contributed by atoms with Crippen LogP contribution in [0.5, 0.6) is 5.75 Å². The Labute approximate surface area is 118 Å². The summed E-state index contributed by atoms with van der Waals surface area (Å²) in [6.45, 7) is 2.59. The van der Waals surface area contributed by atoms with E-state index in [0.29, 0.717) is 6.61 Å². The summed E-state index contributed by atoms with van der Waals surface area (Å²) in [6.07, 6.45) is 5.43. The molecule has 0 aliphatic heterocycles. The van der Waals surface area contributed by atoms with Gasteiger partial charge in [-0.15, -0.1) is 0 Å². The number of hydrogen-bond donors (Lipinski definition) is 1. The van der Waals surface area contributed by atoms with Crippen LogP contribution in [0.2, 0.25) is 0 Å². The number of aryl methyl sites for hydroxylation is 1. The van der Waals surface area contributed by atoms with Crippen molar-refractivity contribution in [3.8, 4) is 5.75 Å². The maximum absolute atomic E-state index is 5.69. The summed E-state index contributed by atoms with van der Waals surface area (Å²) in [5.41, 5.74) is 3.00. The molecule has 0 aliphatic rings. The topological polar surface area (TPSA) is 59.5 Å². The van der Waals surface area contributed by atoms with Crippen molar-refractivity contribution in [2.75, 3.05) is 13.7 Å². The van der Waals surface area contributed by atoms with Crippen LogP contribution in [0.1, 0.15) is 24.6 Å². The highest BCUT2D eigenvalue weighted by atomic mass is 16.6. The summed E-state index contributed by atoms with van der Waals surface area (Å²) >= 11 is 0. The van der Waals surface area contributed by atoms with Crippen LogP contribution in [0.25, 0.3) is 0 Å². The van der Waals surface area contributed by atoms with E-state index in [-0.39, 0.29) is 0 Å². The number of aromatic nitrogens is 2. The lowest BCUT2D eigenvalue weighted by atomic mass is 10.1. The van der Waals surface area contributed by atoms with Gasteiger partial charge in [0, 0.05) is 11.9 Å². The Hall–Kier alpha value is -2.30. The van der Waals surface area contributed by atoms with Crippen molar-refractivity contribution in [3.63, 3.8) is 0 Å². The van der Waals surface area contributed by atoms with Gasteiger partial charge in [0.05, 0.1) is 18.6 Å². The largest absolute Gasteiger partial charge is 0.494 e. The van der Waals surface area contributed by atoms with Crippen LogP contribution in [-0.2, 0) is 11.3 Å². The molecule has 0 unspecified atom stereocenters. The van der Waals surface area contributed by atoms with Crippen LogP contribution < -0.4 is 4.74 Å². The lowest BCUT2D eigenvalue weighted by molar-refractivity contribution is 0.213. The molecule has 1 aromatic carbocycles. The molecule has 5 heteroatoms. The van der Waals surface area contributed by atoms with Gasteiger partial charge in [-0.1, -0.05) is 5.16 Å². The highest BCUT2D eigenvalue weighted by molar-refractivity contribution is 5.98. The summed E-state index contributed by atoms with van der Waals surface area (Å²) < 4.78 is 5.69. The number of nitrogens with zero attached hydrogens (tertiary/aromatic N) is 2. The van der Waals surface area contributed by atoms with Crippen molar-refractivity contribution < 1.29 is 9.57 Å². The molecule has 0 spiro atoms. The first-order chi connectivity index (χ1) is 9.79. The smallest absolute Gasteiger partial charge is 0.119 e. The van der Waals surface area contributed by atoms with Gasteiger partial charge in [0.15, 0.2) is 0 Å². The Morgan fingerprint density at radius 1 is 1.30 bits per heavy atom. The SMILES string of the molecule is CO/N=C(/C)c1ccc(OCCCc2cnc[nH]2)cc1. The molecule has 106 valence electrons. The first-order valence-electron chi connectivity index (χ1n) is 6.58. The van der Waals surface area contributed by atoms with Gasteiger partial charge in [0.2, 0.25) is 0 Å². The van der Waals surface area contributed by atoms with Gasteiger partial charge < -0.3 is 14.6 Å². The number of hydrogen-bond acceptors (Lipinski definition) is 4. The molecule has 0 amide bonds. The van der Waals surface area contributed by atoms with Crippen molar-refractivity contribution in [1.29, 1.82) is 0 Å². The zero-order chi connectivity index (χ0) is 14.2. The molecule has 0 saturated carbocycles. The number of oxime groups is 1. The maximum atomic E-state index is 5.69. The average Bonchev–Trinajstić information content (AvgIpc) is 2.98. The number of benzene rings is 1. The molecule has 0 saturated heterocycles. The van der Waals surface area contributed by atoms with Crippen LogP contribution in [0.15, 0.2) is 41.9 Å². The van der Waals surface area contributed by atoms with Crippen LogP contribution in [0, 0.1) is 0 Å². The van der Waals surface area contributed by atoms with E-state index in [4.69, 9.17) is 9.57 Å². The molecule has 1 N–H and O–H groups in total. The summed E-state index contributed by atoms with van der Waals surface area (Å²) in [5.74, 6) is 0.864. The second-order valence-electron chi connectivity index (χ2n) is 4.41. The molecule has 2 rings (SSSR count). The molecule has 0 fully saturated rings. The van der Waals surface area contributed by atoms with Crippen LogP contribution in [0.3, 0.4) is 0 Å². The van der Waals surface area contributed by atoms with E-state index in [2.05, 4.69) is 15.1 Å². The Bertz CT molecular complexity index is 533. The number of aromatic amines is 1. The highest BCUT2D eigenvalue weighted by Crippen LogP contribution is 2.13. The van der Waals surface area contributed by atoms with E-state index < -0.39 is 0 Å². The minimum Gasteiger partial charge on any atom is -0.494 e. The lowest BCUT2D eigenvalue weighted by Gasteiger charge is -2.06. The van der Waals surface area contributed by atoms with E-state index in [1.807, 2.05) is 37.4 Å². The molecule has 2 aromatic rings. The average molecular weight is 273 g/mol. The van der Waals surface area contributed by atoms with Gasteiger partial charge in [-0.25, -0.2) is 4.98 Å². The van der Waals surface area contributed by atoms with Gasteiger partial charge in [0.25, 0.3) is 0 Å². The molecule has 0 atom stereocenters. The maximum Gasteiger partial charge on any atom is 0.119 e. The molecule has 1 aromatic heterocycles. The van der Waals surface area contributed by atoms with Crippen LogP contribution in [0.4, 0.5) is 0 Å². The fourth-order valence-electron chi connectivity index (χ4n) is 1.86. The van der Waals surface area contributed by atoms with Gasteiger partial charge in [-0.3, -0.25) is 0 Å². The predicted molar refractivity (Wildman–Crippen MR) is 78.1 cm³/mol. The van der Waals surface area contributed by atoms with Crippen molar-refractivity contribution in [3.05, 3.63) is 48.0 Å². The molecule has 0 aliphatic carbocycles. The monoisotopic (exact) mass is 273 g/mol. The summed E-state index contributed by atoms with van der Waals surface area (Å²) in [4.78, 5) is 11.8. The van der Waals surface area contributed by atoms with E-state index in [1.165, 1.54) is 0 Å². The third-order valence-corrected chi connectivity index (χ3v) is 2.91. The van der Waals surface area contributed by atoms with Gasteiger partial charge in [0.1, 0.15) is 12.9 Å². The van der Waals surface area contributed by atoms with Crippen molar-refractivity contribution in [2.24, 2.45) is 5.16 Å². The third kappa shape index (κ3) is 4.12. The summed E-state index contributed by atoms with van der Waals surface area (Å²) in [5, 5.41) is 3.89. The molecule has 0 bridgehead atoms. The molecule has 0 radical (unpaired) electrons. The number of H-pyrrole nitrogens is 1. The van der Waals surface area contributed by atoms with Crippen molar-refractivity contribution >= 4 is 5.71 Å². The van der Waals surface area contributed by atoms with Crippen LogP contribution in [-0.4, -0.2) is 29.4 Å². The van der Waals surface area contributed by atoms with E-state index in [0.717, 1.165) is 35.6 Å². The lowest BCUT2D eigenvalue weighted by Crippen LogP contribution is -2.00. The second kappa shape index (κ2) is 7.33. The zero-order valence-electron chi connectivity index (χ0n) is 11.8. The first-order valence-corrected chi connectivity index (χ1v) is 6.58. The Kier molecular flexibility index (Phi) is 5.17. The standard InChI is InChI=1S/C15H19N3O2/c1-12(18-19-2)13-5-7-15(8-6-13)20-9-3-4-14-10-16-11-17-14/h5-8,10-11H,3-4,9H2,1-2H3,(H,16,17)/b18-12-. The molecular weight excluding hydrogens is 254 g/mol. The molecule has 5 nitrogen and oxygen atoms in total. The van der Waals surface area contributed by atoms with Gasteiger partial charge in [-0.05, 0) is 49.6 Å². The Balaban J connectivity index is 1.77. The first kappa shape index (κ1) is 14.1. The molecular formula is C15H19N3O2. The number of imidazole rings is 1. The minimum atomic E-state index is 0.684. The van der Waals surface area contributed by atoms with Crippen LogP contribution >= 0.6 is 0 Å². The van der Waals surface area contributed by atoms with E-state index in [9.17, 15) is 0 Å². The summed E-state index contributed by atoms with van der Waals surface area (Å²) in [7, 11) is 1.54. The van der Waals surface area contributed by atoms with Crippen molar-refractivity contribution in [2.45, 2.75) is 19.8 Å². The molecule has 1 heterocycles. The third-order valence-electron chi connectivity index (χ3n) is 2.91. The Morgan fingerprint density at radius 2 is 2.10 bits per heavy atom. The van der Waals surface area contributed by atoms with Gasteiger partial charge in [-0.2, -0.15) is 0 Å². The minimum absolute atomic E-state index is 0.684. The van der Waals surface area contributed by atoms with E-state index in [1.54, 1.807) is 13.4 Å². The van der Waals surface area contributed by atoms with Gasteiger partial charge >= 0.3 is 0 Å². The Morgan fingerprint density at radius 3 is 2.75 bits per heavy atom. The quantitative estimate of drug-likeness (QED) is 0.479. The van der Waals surface area contributed by atoms with Crippen molar-refractivity contribution in [1.82, 2.24) is 9.97 Å². The highest BCUT2D eigenvalue weighted by Gasteiger charge is 2.00. The molecule has 20 heavy (non-hydrogen) atoms. The fourth-order valence-corrected chi connectivity index (χ4v) is 1.86. The number of rotatable bonds is 7. The normalized spacial score (nSPS) is 11.4. The predicted octanol–water partition coefficient (Wildman–Crippen LogP) is 2.79. The summed E-state index contributed by atoms with van der Waals surface area (Å²) in [6, 6.07) is 7.84. The fraction of sp³-hybridized carbons (Fsp3) is 0.333.